The fourth-order valence-corrected chi connectivity index (χ4v) is 2.23. The van der Waals surface area contributed by atoms with Gasteiger partial charge in [0.25, 0.3) is 0 Å². The molecule has 0 atom stereocenters. The minimum absolute atomic E-state index is 0.140. The molecule has 0 spiro atoms. The second-order valence-electron chi connectivity index (χ2n) is 5.05. The predicted molar refractivity (Wildman–Crippen MR) is 83.6 cm³/mol. The number of aromatic nitrogens is 2. The lowest BCUT2D eigenvalue weighted by molar-refractivity contribution is -0.136. The van der Waals surface area contributed by atoms with Crippen molar-refractivity contribution >= 4 is 23.1 Å². The molecule has 2 aromatic heterocycles. The smallest absolute Gasteiger partial charge is 0.309 e. The Morgan fingerprint density at radius 3 is 2.65 bits per heavy atom. The van der Waals surface area contributed by atoms with Crippen molar-refractivity contribution in [1.29, 1.82) is 0 Å². The van der Waals surface area contributed by atoms with Gasteiger partial charge in [-0.25, -0.2) is 4.98 Å². The molecular formula is C16H14N4O3. The number of phenolic OH excluding ortho intramolecular Hbond substituents is 1. The highest BCUT2D eigenvalue weighted by Crippen LogP contribution is 2.26. The summed E-state index contributed by atoms with van der Waals surface area (Å²) in [5.74, 6) is -0.452. The van der Waals surface area contributed by atoms with Crippen LogP contribution < -0.4 is 0 Å². The molecule has 0 bridgehead atoms. The number of carboxylic acids is 1. The maximum atomic E-state index is 11.0. The molecular weight excluding hydrogens is 296 g/mol. The van der Waals surface area contributed by atoms with E-state index in [1.165, 1.54) is 12.1 Å². The Morgan fingerprint density at radius 2 is 1.96 bits per heavy atom. The van der Waals surface area contributed by atoms with Gasteiger partial charge in [0.1, 0.15) is 11.4 Å². The molecule has 1 aromatic carbocycles. The molecule has 3 aromatic rings. The van der Waals surface area contributed by atoms with Crippen LogP contribution in [0.4, 0.5) is 11.5 Å². The highest BCUT2D eigenvalue weighted by Gasteiger charge is 2.15. The van der Waals surface area contributed by atoms with Crippen LogP contribution in [0.15, 0.2) is 52.8 Å². The maximum Gasteiger partial charge on any atom is 0.309 e. The lowest BCUT2D eigenvalue weighted by Gasteiger charge is -1.99. The van der Waals surface area contributed by atoms with E-state index < -0.39 is 5.97 Å². The number of rotatable bonds is 4. The first-order valence-electron chi connectivity index (χ1n) is 6.93. The van der Waals surface area contributed by atoms with Crippen molar-refractivity contribution < 1.29 is 15.0 Å². The Hall–Kier alpha value is -3.22. The second kappa shape index (κ2) is 5.88. The van der Waals surface area contributed by atoms with Crippen molar-refractivity contribution in [1.82, 2.24) is 9.38 Å². The van der Waals surface area contributed by atoms with Crippen LogP contribution in [-0.4, -0.2) is 25.6 Å². The monoisotopic (exact) mass is 310 g/mol. The molecule has 116 valence electrons. The maximum absolute atomic E-state index is 11.0. The normalized spacial score (nSPS) is 11.3. The van der Waals surface area contributed by atoms with Crippen molar-refractivity contribution in [2.45, 2.75) is 13.3 Å². The third-order valence-corrected chi connectivity index (χ3v) is 3.32. The van der Waals surface area contributed by atoms with Gasteiger partial charge >= 0.3 is 5.97 Å². The van der Waals surface area contributed by atoms with Gasteiger partial charge < -0.3 is 10.2 Å². The molecule has 0 aliphatic carbocycles. The average molecular weight is 310 g/mol. The van der Waals surface area contributed by atoms with Crippen LogP contribution >= 0.6 is 0 Å². The molecule has 3 rings (SSSR count). The zero-order valence-corrected chi connectivity index (χ0v) is 12.3. The Morgan fingerprint density at radius 1 is 1.22 bits per heavy atom. The van der Waals surface area contributed by atoms with E-state index in [9.17, 15) is 9.90 Å². The van der Waals surface area contributed by atoms with Crippen molar-refractivity contribution in [3.8, 4) is 5.75 Å². The summed E-state index contributed by atoms with van der Waals surface area (Å²) in [6.45, 7) is 1.90. The van der Waals surface area contributed by atoms with Crippen molar-refractivity contribution in [2.24, 2.45) is 10.2 Å². The summed E-state index contributed by atoms with van der Waals surface area (Å²) in [6, 6.07) is 9.98. The topological polar surface area (TPSA) is 99.6 Å². The quantitative estimate of drug-likeness (QED) is 0.721. The number of aryl methyl sites for hydroxylation is 1. The molecule has 0 aliphatic heterocycles. The van der Waals surface area contributed by atoms with E-state index in [2.05, 4.69) is 15.2 Å². The van der Waals surface area contributed by atoms with Gasteiger partial charge in [0.15, 0.2) is 5.82 Å². The van der Waals surface area contributed by atoms with Crippen LogP contribution in [0.2, 0.25) is 0 Å². The fraction of sp³-hybridized carbons (Fsp3) is 0.125. The second-order valence-corrected chi connectivity index (χ2v) is 5.05. The zero-order chi connectivity index (χ0) is 16.4. The number of carboxylic acid groups (broad SMARTS) is 1. The van der Waals surface area contributed by atoms with E-state index in [0.29, 0.717) is 22.8 Å². The fourth-order valence-electron chi connectivity index (χ4n) is 2.23. The Labute approximate surface area is 131 Å². The summed E-state index contributed by atoms with van der Waals surface area (Å²) in [6.07, 6.45) is 1.54. The van der Waals surface area contributed by atoms with E-state index >= 15 is 0 Å². The van der Waals surface area contributed by atoms with Gasteiger partial charge in [0.2, 0.25) is 0 Å². The van der Waals surface area contributed by atoms with Crippen LogP contribution in [0, 0.1) is 6.92 Å². The number of aromatic hydroxyl groups is 1. The third kappa shape index (κ3) is 3.03. The van der Waals surface area contributed by atoms with Crippen molar-refractivity contribution in [3.05, 3.63) is 53.9 Å². The summed E-state index contributed by atoms with van der Waals surface area (Å²) in [5.41, 5.74) is 2.48. The highest BCUT2D eigenvalue weighted by atomic mass is 16.4. The molecule has 0 radical (unpaired) electrons. The van der Waals surface area contributed by atoms with E-state index in [1.807, 2.05) is 19.1 Å². The van der Waals surface area contributed by atoms with Crippen LogP contribution in [0.25, 0.3) is 5.65 Å². The van der Waals surface area contributed by atoms with Crippen LogP contribution in [0.1, 0.15) is 11.3 Å². The first-order chi connectivity index (χ1) is 11.0. The molecule has 2 heterocycles. The third-order valence-electron chi connectivity index (χ3n) is 3.32. The van der Waals surface area contributed by atoms with E-state index in [-0.39, 0.29) is 12.2 Å². The largest absolute Gasteiger partial charge is 0.508 e. The number of pyridine rings is 1. The van der Waals surface area contributed by atoms with E-state index in [4.69, 9.17) is 5.11 Å². The van der Waals surface area contributed by atoms with Gasteiger partial charge in [-0.3, -0.25) is 9.20 Å². The SMILES string of the molecule is Cc1cccn2c(N=Nc3ccc(O)cc3)c(CC(=O)O)nc12. The number of carbonyl (C=O) groups is 1. The van der Waals surface area contributed by atoms with Crippen molar-refractivity contribution in [2.75, 3.05) is 0 Å². The van der Waals surface area contributed by atoms with Crippen LogP contribution in [-0.2, 0) is 11.2 Å². The first kappa shape index (κ1) is 14.7. The molecule has 0 amide bonds. The summed E-state index contributed by atoms with van der Waals surface area (Å²) in [4.78, 5) is 15.4. The Balaban J connectivity index is 2.08. The van der Waals surface area contributed by atoms with Gasteiger partial charge in [-0.05, 0) is 42.8 Å². The molecule has 2 N–H and O–H groups in total. The molecule has 0 saturated heterocycles. The number of hydrogen-bond acceptors (Lipinski definition) is 5. The van der Waals surface area contributed by atoms with Gasteiger partial charge in [-0.2, -0.15) is 0 Å². The highest BCUT2D eigenvalue weighted by molar-refractivity contribution is 5.72. The molecule has 0 aliphatic rings. The number of imidazole rings is 1. The summed E-state index contributed by atoms with van der Waals surface area (Å²) in [7, 11) is 0. The molecule has 23 heavy (non-hydrogen) atoms. The molecule has 0 unspecified atom stereocenters. The standard InChI is InChI=1S/C16H14N4O3/c1-10-3-2-8-20-15(10)17-13(9-14(22)23)16(20)19-18-11-4-6-12(21)7-5-11/h2-8,21H,9H2,1H3,(H,22,23). The van der Waals surface area contributed by atoms with Crippen LogP contribution in [0.5, 0.6) is 5.75 Å². The Bertz CT molecular complexity index is 898. The molecule has 7 heteroatoms. The first-order valence-corrected chi connectivity index (χ1v) is 6.93. The zero-order valence-electron chi connectivity index (χ0n) is 12.3. The average Bonchev–Trinajstić information content (AvgIpc) is 2.85. The van der Waals surface area contributed by atoms with E-state index in [1.54, 1.807) is 22.7 Å². The van der Waals surface area contributed by atoms with Gasteiger partial charge in [0.05, 0.1) is 17.8 Å². The minimum atomic E-state index is -0.979. The predicted octanol–water partition coefficient (Wildman–Crippen LogP) is 3.39. The Kier molecular flexibility index (Phi) is 3.76. The van der Waals surface area contributed by atoms with E-state index in [0.717, 1.165) is 5.56 Å². The molecule has 0 saturated carbocycles. The summed E-state index contributed by atoms with van der Waals surface area (Å²) in [5, 5.41) is 26.6. The van der Waals surface area contributed by atoms with Gasteiger partial charge in [-0.15, -0.1) is 10.2 Å². The number of phenols is 1. The number of aliphatic carboxylic acids is 1. The molecule has 0 fully saturated rings. The number of nitrogens with zero attached hydrogens (tertiary/aromatic N) is 4. The number of hydrogen-bond donors (Lipinski definition) is 2. The van der Waals surface area contributed by atoms with Gasteiger partial charge in [-0.1, -0.05) is 6.07 Å². The molecule has 7 nitrogen and oxygen atoms in total. The number of azo groups is 1. The van der Waals surface area contributed by atoms with Crippen molar-refractivity contribution in [3.63, 3.8) is 0 Å². The van der Waals surface area contributed by atoms with Gasteiger partial charge in [0, 0.05) is 6.20 Å². The number of fused-ring (bicyclic) bond motifs is 1. The summed E-state index contributed by atoms with van der Waals surface area (Å²) >= 11 is 0. The lowest BCUT2D eigenvalue weighted by Crippen LogP contribution is -2.00. The summed E-state index contributed by atoms with van der Waals surface area (Å²) < 4.78 is 1.72. The minimum Gasteiger partial charge on any atom is -0.508 e. The van der Waals surface area contributed by atoms with Crippen LogP contribution in [0.3, 0.4) is 0 Å². The lowest BCUT2D eigenvalue weighted by atomic mass is 10.3. The number of benzene rings is 1.